The third kappa shape index (κ3) is 6.83. The van der Waals surface area contributed by atoms with Crippen molar-refractivity contribution in [1.82, 2.24) is 25.1 Å². The van der Waals surface area contributed by atoms with E-state index < -0.39 is 10.8 Å². The molecular formula is C33H28FN7O4S2. The number of nitro groups is 1. The predicted molar refractivity (Wildman–Crippen MR) is 177 cm³/mol. The number of rotatable bonds is 10. The zero-order valence-corrected chi connectivity index (χ0v) is 26.9. The number of halogens is 1. The molecule has 1 aliphatic heterocycles. The van der Waals surface area contributed by atoms with E-state index in [0.717, 1.165) is 33.0 Å². The number of carbonyl (C=O) groups excluding carboxylic acids is 2. The van der Waals surface area contributed by atoms with Gasteiger partial charge in [-0.25, -0.2) is 9.40 Å². The fraction of sp³-hybridized carbons (Fsp3) is 0.182. The molecule has 6 rings (SSSR count). The number of hydrogen-bond donors (Lipinski definition) is 1. The van der Waals surface area contributed by atoms with Gasteiger partial charge in [0.05, 0.1) is 39.5 Å². The summed E-state index contributed by atoms with van der Waals surface area (Å²) in [4.78, 5) is 38.1. The van der Waals surface area contributed by atoms with Crippen molar-refractivity contribution in [2.24, 2.45) is 5.10 Å². The third-order valence-corrected chi connectivity index (χ3v) is 9.65. The van der Waals surface area contributed by atoms with Crippen molar-refractivity contribution >= 4 is 46.3 Å². The van der Waals surface area contributed by atoms with Crippen LogP contribution in [-0.2, 0) is 11.3 Å². The van der Waals surface area contributed by atoms with Gasteiger partial charge in [-0.3, -0.25) is 24.3 Å². The Morgan fingerprint density at radius 2 is 1.81 bits per heavy atom. The maximum Gasteiger partial charge on any atom is 0.269 e. The number of carbonyl (C=O) groups is 2. The normalized spacial score (nSPS) is 14.2. The second-order valence-corrected chi connectivity index (χ2v) is 12.7. The lowest BCUT2D eigenvalue weighted by atomic mass is 10.0. The van der Waals surface area contributed by atoms with Crippen LogP contribution in [0.2, 0.25) is 0 Å². The number of nitrogens with zero attached hydrogens (tertiary/aromatic N) is 6. The maximum atomic E-state index is 13.8. The molecule has 11 nitrogen and oxygen atoms in total. The van der Waals surface area contributed by atoms with E-state index in [9.17, 15) is 24.1 Å². The quantitative estimate of drug-likeness (QED) is 0.103. The van der Waals surface area contributed by atoms with Crippen LogP contribution in [-0.4, -0.2) is 48.0 Å². The van der Waals surface area contributed by atoms with Gasteiger partial charge in [0, 0.05) is 24.1 Å². The molecule has 47 heavy (non-hydrogen) atoms. The number of thiophene rings is 1. The number of benzene rings is 3. The molecule has 238 valence electrons. The van der Waals surface area contributed by atoms with Crippen molar-refractivity contribution in [1.29, 1.82) is 0 Å². The summed E-state index contributed by atoms with van der Waals surface area (Å²) in [5.41, 5.74) is 4.54. The average molecular weight is 670 g/mol. The van der Waals surface area contributed by atoms with E-state index >= 15 is 0 Å². The van der Waals surface area contributed by atoms with Gasteiger partial charge < -0.3 is 5.32 Å². The molecule has 1 aliphatic rings. The number of hydrogen-bond acceptors (Lipinski definition) is 9. The van der Waals surface area contributed by atoms with Gasteiger partial charge in [0.15, 0.2) is 11.0 Å². The van der Waals surface area contributed by atoms with Crippen LogP contribution < -0.4 is 5.32 Å². The van der Waals surface area contributed by atoms with Crippen molar-refractivity contribution in [2.45, 2.75) is 38.0 Å². The summed E-state index contributed by atoms with van der Waals surface area (Å²) in [5.74, 6) is -0.603. The van der Waals surface area contributed by atoms with Gasteiger partial charge in [0.25, 0.3) is 17.5 Å². The molecule has 0 bridgehead atoms. The standard InChI is InChI=1S/C33H28FN7O4S2/c1-20-5-3-6-27(21(20)2)39-30(18-35-32(43)23-10-14-25(15-11-23)41(44)45)36-37-33(39)47-19-31(42)40-28(22-8-12-24(34)13-9-22)17-26(38-40)29-7-4-16-46-29/h3-16,28H,17-19H2,1-2H3,(H,35,43)/t28-/m1/s1. The summed E-state index contributed by atoms with van der Waals surface area (Å²) in [6.07, 6.45) is 0.500. The van der Waals surface area contributed by atoms with E-state index in [2.05, 4.69) is 15.5 Å². The van der Waals surface area contributed by atoms with E-state index in [4.69, 9.17) is 5.10 Å². The highest BCUT2D eigenvalue weighted by atomic mass is 32.2. The first-order valence-corrected chi connectivity index (χ1v) is 16.4. The summed E-state index contributed by atoms with van der Waals surface area (Å²) in [5, 5.41) is 31.1. The number of nitrogens with one attached hydrogen (secondary N) is 1. The van der Waals surface area contributed by atoms with Gasteiger partial charge in [-0.2, -0.15) is 5.10 Å². The molecule has 0 saturated heterocycles. The molecular weight excluding hydrogens is 642 g/mol. The highest BCUT2D eigenvalue weighted by Gasteiger charge is 2.34. The number of non-ortho nitro benzene ring substituents is 1. The number of hydrazone groups is 1. The smallest absolute Gasteiger partial charge is 0.269 e. The van der Waals surface area contributed by atoms with Crippen molar-refractivity contribution in [3.8, 4) is 5.69 Å². The Labute approximate surface area is 277 Å². The van der Waals surface area contributed by atoms with Crippen molar-refractivity contribution in [3.05, 3.63) is 133 Å². The molecule has 14 heteroatoms. The predicted octanol–water partition coefficient (Wildman–Crippen LogP) is 6.39. The molecule has 0 saturated carbocycles. The van der Waals surface area contributed by atoms with Crippen LogP contribution in [0.1, 0.15) is 50.2 Å². The Morgan fingerprint density at radius 3 is 2.51 bits per heavy atom. The first kappa shape index (κ1) is 31.8. The lowest BCUT2D eigenvalue weighted by Crippen LogP contribution is -2.28. The van der Waals surface area contributed by atoms with Crippen LogP contribution in [0.3, 0.4) is 0 Å². The van der Waals surface area contributed by atoms with Crippen LogP contribution >= 0.6 is 23.1 Å². The van der Waals surface area contributed by atoms with Gasteiger partial charge in [0.2, 0.25) is 0 Å². The Hall–Kier alpha value is -5.21. The number of aromatic nitrogens is 3. The highest BCUT2D eigenvalue weighted by molar-refractivity contribution is 7.99. The molecule has 0 fully saturated rings. The number of amides is 2. The Kier molecular flexibility index (Phi) is 9.22. The molecule has 0 radical (unpaired) electrons. The fourth-order valence-electron chi connectivity index (χ4n) is 5.19. The van der Waals surface area contributed by atoms with E-state index in [1.54, 1.807) is 23.5 Å². The molecule has 1 N–H and O–H groups in total. The monoisotopic (exact) mass is 669 g/mol. The largest absolute Gasteiger partial charge is 0.345 e. The second-order valence-electron chi connectivity index (χ2n) is 10.8. The van der Waals surface area contributed by atoms with Gasteiger partial charge in [-0.1, -0.05) is 42.1 Å². The molecule has 5 aromatic rings. The van der Waals surface area contributed by atoms with Gasteiger partial charge in [-0.05, 0) is 72.3 Å². The number of thioether (sulfide) groups is 1. The van der Waals surface area contributed by atoms with E-state index in [-0.39, 0.29) is 41.3 Å². The van der Waals surface area contributed by atoms with Gasteiger partial charge in [0.1, 0.15) is 5.82 Å². The minimum Gasteiger partial charge on any atom is -0.345 e. The molecule has 0 spiro atoms. The second kappa shape index (κ2) is 13.6. The molecule has 3 aromatic carbocycles. The summed E-state index contributed by atoms with van der Waals surface area (Å²) < 4.78 is 15.5. The Balaban J connectivity index is 1.24. The molecule has 2 amide bonds. The minimum absolute atomic E-state index is 0.00291. The molecule has 0 aliphatic carbocycles. The van der Waals surface area contributed by atoms with Crippen LogP contribution in [0.25, 0.3) is 5.69 Å². The lowest BCUT2D eigenvalue weighted by molar-refractivity contribution is -0.384. The number of nitro benzene ring substituents is 1. The van der Waals surface area contributed by atoms with Crippen LogP contribution in [0, 0.1) is 29.8 Å². The molecule has 2 aromatic heterocycles. The molecule has 0 unspecified atom stereocenters. The van der Waals surface area contributed by atoms with Crippen LogP contribution in [0.5, 0.6) is 0 Å². The SMILES string of the molecule is Cc1cccc(-n2c(CNC(=O)c3ccc([N+](=O)[O-])cc3)nnc2SCC(=O)N2N=C(c3cccs3)C[C@@H]2c2ccc(F)cc2)c1C. The summed E-state index contributed by atoms with van der Waals surface area (Å²) >= 11 is 2.74. The van der Waals surface area contributed by atoms with E-state index in [1.165, 1.54) is 53.2 Å². The van der Waals surface area contributed by atoms with Crippen molar-refractivity contribution in [2.75, 3.05) is 5.75 Å². The van der Waals surface area contributed by atoms with Crippen LogP contribution in [0.15, 0.2) is 94.5 Å². The fourth-order valence-corrected chi connectivity index (χ4v) is 6.73. The third-order valence-electron chi connectivity index (χ3n) is 7.82. The maximum absolute atomic E-state index is 13.8. The highest BCUT2D eigenvalue weighted by Crippen LogP contribution is 2.35. The summed E-state index contributed by atoms with van der Waals surface area (Å²) in [6.45, 7) is 3.97. The Morgan fingerprint density at radius 1 is 1.04 bits per heavy atom. The zero-order chi connectivity index (χ0) is 33.1. The van der Waals surface area contributed by atoms with E-state index in [0.29, 0.717) is 17.4 Å². The lowest BCUT2D eigenvalue weighted by Gasteiger charge is -2.22. The average Bonchev–Trinajstić information content (AvgIpc) is 3.85. The summed E-state index contributed by atoms with van der Waals surface area (Å²) in [6, 6.07) is 20.8. The van der Waals surface area contributed by atoms with Crippen molar-refractivity contribution in [3.63, 3.8) is 0 Å². The summed E-state index contributed by atoms with van der Waals surface area (Å²) in [7, 11) is 0. The van der Waals surface area contributed by atoms with Crippen LogP contribution in [0.4, 0.5) is 10.1 Å². The van der Waals surface area contributed by atoms with Crippen molar-refractivity contribution < 1.29 is 18.9 Å². The Bertz CT molecular complexity index is 1980. The van der Waals surface area contributed by atoms with Gasteiger partial charge >= 0.3 is 0 Å². The number of aryl methyl sites for hydroxylation is 1. The molecule has 3 heterocycles. The first-order chi connectivity index (χ1) is 22.7. The molecule has 1 atom stereocenters. The van der Waals surface area contributed by atoms with E-state index in [1.807, 2.05) is 54.1 Å². The topological polar surface area (TPSA) is 136 Å². The zero-order valence-electron chi connectivity index (χ0n) is 25.3. The minimum atomic E-state index is -0.528. The van der Waals surface area contributed by atoms with Gasteiger partial charge in [-0.15, -0.1) is 21.5 Å². The first-order valence-electron chi connectivity index (χ1n) is 14.5.